The molecule has 3 aromatic rings. The van der Waals surface area contributed by atoms with Crippen LogP contribution in [0, 0.1) is 12.8 Å². The number of hydrogen-bond acceptors (Lipinski definition) is 6. The van der Waals surface area contributed by atoms with Crippen LogP contribution in [0.4, 0.5) is 11.5 Å². The van der Waals surface area contributed by atoms with Gasteiger partial charge in [0.2, 0.25) is 0 Å². The highest BCUT2D eigenvalue weighted by Crippen LogP contribution is 2.27. The van der Waals surface area contributed by atoms with Gasteiger partial charge in [0.15, 0.2) is 0 Å². The average Bonchev–Trinajstić information content (AvgIpc) is 2.83. The van der Waals surface area contributed by atoms with E-state index in [1.165, 1.54) is 5.56 Å². The second-order valence-corrected chi connectivity index (χ2v) is 9.23. The molecule has 6 heteroatoms. The van der Waals surface area contributed by atoms with Crippen LogP contribution >= 0.6 is 0 Å². The van der Waals surface area contributed by atoms with Crippen molar-refractivity contribution in [2.45, 2.75) is 53.1 Å². The minimum atomic E-state index is -0.214. The number of aliphatic imine (C=N–C) groups is 1. The molecule has 0 amide bonds. The van der Waals surface area contributed by atoms with Gasteiger partial charge in [0.25, 0.3) is 0 Å². The van der Waals surface area contributed by atoms with Crippen LogP contribution in [0.3, 0.4) is 0 Å². The summed E-state index contributed by atoms with van der Waals surface area (Å²) in [6, 6.07) is 16.6. The van der Waals surface area contributed by atoms with Crippen LogP contribution in [-0.2, 0) is 11.2 Å². The van der Waals surface area contributed by atoms with Gasteiger partial charge < -0.3 is 15.4 Å². The predicted molar refractivity (Wildman–Crippen MR) is 140 cm³/mol. The maximum absolute atomic E-state index is 5.94. The Bertz CT molecular complexity index is 1120. The molecule has 0 bridgehead atoms. The van der Waals surface area contributed by atoms with E-state index in [2.05, 4.69) is 79.7 Å². The SMILES string of the molecule is CCCc1ccc(NC2=NC(COCCC(C)C)Nc3nc(-c4ncccc4C)ccc32)cc1. The van der Waals surface area contributed by atoms with Crippen molar-refractivity contribution < 1.29 is 4.74 Å². The Morgan fingerprint density at radius 3 is 2.65 bits per heavy atom. The van der Waals surface area contributed by atoms with E-state index in [1.54, 1.807) is 6.20 Å². The third-order valence-electron chi connectivity index (χ3n) is 5.86. The number of anilines is 2. The van der Waals surface area contributed by atoms with Gasteiger partial charge >= 0.3 is 0 Å². The molecule has 0 spiro atoms. The Kier molecular flexibility index (Phi) is 7.91. The Hall–Kier alpha value is -3.25. The van der Waals surface area contributed by atoms with E-state index in [0.717, 1.165) is 65.7 Å². The fourth-order valence-electron chi connectivity index (χ4n) is 3.93. The number of aryl methyl sites for hydroxylation is 2. The number of benzene rings is 1. The van der Waals surface area contributed by atoms with Crippen LogP contribution in [0.2, 0.25) is 0 Å². The van der Waals surface area contributed by atoms with Crippen LogP contribution < -0.4 is 10.6 Å². The van der Waals surface area contributed by atoms with Gasteiger partial charge in [0, 0.05) is 18.5 Å². The average molecular weight is 458 g/mol. The maximum atomic E-state index is 5.94. The number of amidine groups is 1. The van der Waals surface area contributed by atoms with Crippen LogP contribution in [0.5, 0.6) is 0 Å². The third-order valence-corrected chi connectivity index (χ3v) is 5.86. The molecule has 1 atom stereocenters. The first-order chi connectivity index (χ1) is 16.5. The molecule has 0 saturated carbocycles. The van der Waals surface area contributed by atoms with Crippen LogP contribution in [0.25, 0.3) is 11.4 Å². The van der Waals surface area contributed by atoms with E-state index < -0.39 is 0 Å². The van der Waals surface area contributed by atoms with Crippen molar-refractivity contribution in [1.29, 1.82) is 0 Å². The lowest BCUT2D eigenvalue weighted by atomic mass is 10.1. The Balaban J connectivity index is 1.60. The molecule has 6 nitrogen and oxygen atoms in total. The minimum absolute atomic E-state index is 0.214. The lowest BCUT2D eigenvalue weighted by Gasteiger charge is -2.26. The van der Waals surface area contributed by atoms with Crippen LogP contribution in [0.1, 0.15) is 50.3 Å². The van der Waals surface area contributed by atoms with E-state index >= 15 is 0 Å². The molecule has 4 rings (SSSR count). The summed E-state index contributed by atoms with van der Waals surface area (Å²) < 4.78 is 5.94. The molecule has 0 radical (unpaired) electrons. The lowest BCUT2D eigenvalue weighted by Crippen LogP contribution is -2.33. The van der Waals surface area contributed by atoms with Crippen molar-refractivity contribution in [1.82, 2.24) is 9.97 Å². The van der Waals surface area contributed by atoms with Gasteiger partial charge in [-0.05, 0) is 67.1 Å². The Morgan fingerprint density at radius 2 is 1.91 bits per heavy atom. The quantitative estimate of drug-likeness (QED) is 0.381. The van der Waals surface area contributed by atoms with Gasteiger partial charge in [0.1, 0.15) is 17.8 Å². The van der Waals surface area contributed by atoms with Crippen molar-refractivity contribution in [3.05, 3.63) is 71.4 Å². The highest BCUT2D eigenvalue weighted by Gasteiger charge is 2.23. The summed E-state index contributed by atoms with van der Waals surface area (Å²) in [5.41, 5.74) is 6.12. The van der Waals surface area contributed by atoms with Gasteiger partial charge in [0.05, 0.1) is 23.6 Å². The third kappa shape index (κ3) is 6.00. The molecule has 0 aliphatic carbocycles. The van der Waals surface area contributed by atoms with Crippen molar-refractivity contribution in [3.63, 3.8) is 0 Å². The molecule has 34 heavy (non-hydrogen) atoms. The van der Waals surface area contributed by atoms with Crippen LogP contribution in [0.15, 0.2) is 59.7 Å². The van der Waals surface area contributed by atoms with E-state index in [1.807, 2.05) is 12.1 Å². The molecule has 0 saturated heterocycles. The summed E-state index contributed by atoms with van der Waals surface area (Å²) in [4.78, 5) is 14.4. The zero-order valence-corrected chi connectivity index (χ0v) is 20.6. The molecule has 0 fully saturated rings. The Morgan fingerprint density at radius 1 is 1.09 bits per heavy atom. The Labute approximate surface area is 202 Å². The number of nitrogens with one attached hydrogen (secondary N) is 2. The fraction of sp³-hybridized carbons (Fsp3) is 0.393. The summed E-state index contributed by atoms with van der Waals surface area (Å²) >= 11 is 0. The monoisotopic (exact) mass is 457 g/mol. The molecule has 2 N–H and O–H groups in total. The highest BCUT2D eigenvalue weighted by atomic mass is 16.5. The largest absolute Gasteiger partial charge is 0.377 e. The summed E-state index contributed by atoms with van der Waals surface area (Å²) in [7, 11) is 0. The number of hydrogen-bond donors (Lipinski definition) is 2. The van der Waals surface area contributed by atoms with Crippen molar-refractivity contribution >= 4 is 17.3 Å². The van der Waals surface area contributed by atoms with Crippen molar-refractivity contribution in [3.8, 4) is 11.4 Å². The van der Waals surface area contributed by atoms with Gasteiger partial charge in [-0.3, -0.25) is 4.98 Å². The molecule has 1 aliphatic heterocycles. The smallest absolute Gasteiger partial charge is 0.145 e. The first-order valence-corrected chi connectivity index (χ1v) is 12.2. The summed E-state index contributed by atoms with van der Waals surface area (Å²) in [6.07, 6.45) is 4.85. The second kappa shape index (κ2) is 11.3. The van der Waals surface area contributed by atoms with Gasteiger partial charge in [-0.15, -0.1) is 0 Å². The zero-order valence-electron chi connectivity index (χ0n) is 20.6. The first-order valence-electron chi connectivity index (χ1n) is 12.2. The molecule has 1 aliphatic rings. The van der Waals surface area contributed by atoms with E-state index in [4.69, 9.17) is 14.7 Å². The van der Waals surface area contributed by atoms with Gasteiger partial charge in [-0.2, -0.15) is 0 Å². The molecule has 3 heterocycles. The zero-order chi connectivity index (χ0) is 23.9. The maximum Gasteiger partial charge on any atom is 0.145 e. The summed E-state index contributed by atoms with van der Waals surface area (Å²) in [6.45, 7) is 9.87. The highest BCUT2D eigenvalue weighted by molar-refractivity contribution is 6.12. The van der Waals surface area contributed by atoms with E-state index in [-0.39, 0.29) is 6.17 Å². The summed E-state index contributed by atoms with van der Waals surface area (Å²) in [5.74, 6) is 2.20. The van der Waals surface area contributed by atoms with Crippen LogP contribution in [-0.4, -0.2) is 35.2 Å². The molecular formula is C28H35N5O. The number of ether oxygens (including phenoxy) is 1. The molecule has 2 aromatic heterocycles. The molecule has 1 aromatic carbocycles. The number of pyridine rings is 2. The summed E-state index contributed by atoms with van der Waals surface area (Å²) in [5, 5.41) is 6.98. The molecule has 1 unspecified atom stereocenters. The minimum Gasteiger partial charge on any atom is -0.377 e. The normalized spacial score (nSPS) is 15.0. The number of nitrogens with zero attached hydrogens (tertiary/aromatic N) is 3. The number of rotatable bonds is 9. The topological polar surface area (TPSA) is 71.4 Å². The number of fused-ring (bicyclic) bond motifs is 1. The van der Waals surface area contributed by atoms with E-state index in [9.17, 15) is 0 Å². The van der Waals surface area contributed by atoms with Crippen molar-refractivity contribution in [2.24, 2.45) is 10.9 Å². The number of aromatic nitrogens is 2. The predicted octanol–water partition coefficient (Wildman–Crippen LogP) is 6.08. The lowest BCUT2D eigenvalue weighted by molar-refractivity contribution is 0.116. The fourth-order valence-corrected chi connectivity index (χ4v) is 3.93. The second-order valence-electron chi connectivity index (χ2n) is 9.23. The first kappa shape index (κ1) is 23.9. The molecular weight excluding hydrogens is 422 g/mol. The van der Waals surface area contributed by atoms with E-state index in [0.29, 0.717) is 12.5 Å². The van der Waals surface area contributed by atoms with Gasteiger partial charge in [-0.1, -0.05) is 45.4 Å². The van der Waals surface area contributed by atoms with Gasteiger partial charge in [-0.25, -0.2) is 9.98 Å². The standard InChI is InChI=1S/C28H35N5O/c1-5-7-21-9-11-22(12-10-21)30-27-23-13-14-24(26-20(4)8-6-16-29-26)31-28(23)33-25(32-27)18-34-17-15-19(2)3/h6,8-14,16,19,25H,5,7,15,17-18H2,1-4H3,(H,30,32)(H,31,33). The van der Waals surface area contributed by atoms with Crippen molar-refractivity contribution in [2.75, 3.05) is 23.8 Å². The molecule has 178 valence electrons.